The van der Waals surface area contributed by atoms with Gasteiger partial charge in [-0.2, -0.15) is 0 Å². The molecule has 4 atom stereocenters. The number of β-lactam (4-membered cyclic amide) rings is 1. The standard InChI is InChI=1S/C28H26N4O11S/c1-28(2)20(25(37)38)32-23(36)18(24(32)44-28)30-21(34)17(13-8-5-4-6-9-13)29-16(33)12-31-22(35)14-10-7-11-15(42-27(40)41-3)19(14)43-26(31)39/h4-11,17-18,20,24H,12H2,1-3H3,(H,29,33)(H,30,34)(H,37,38)/t17-,18-,20?,24?/m1/s1. The number of benzene rings is 2. The van der Waals surface area contributed by atoms with E-state index in [1.807, 2.05) is 0 Å². The molecule has 0 saturated carbocycles. The highest BCUT2D eigenvalue weighted by Crippen LogP contribution is 2.50. The first-order chi connectivity index (χ1) is 20.8. The molecule has 1 aromatic heterocycles. The van der Waals surface area contributed by atoms with Crippen LogP contribution in [0.25, 0.3) is 11.0 Å². The average molecular weight is 627 g/mol. The van der Waals surface area contributed by atoms with Crippen LogP contribution in [0.3, 0.4) is 0 Å². The number of amides is 3. The van der Waals surface area contributed by atoms with Gasteiger partial charge in [-0.05, 0) is 31.5 Å². The molecule has 0 spiro atoms. The molecule has 5 rings (SSSR count). The number of nitrogens with zero attached hydrogens (tertiary/aromatic N) is 2. The van der Waals surface area contributed by atoms with E-state index in [0.717, 1.165) is 7.11 Å². The molecular formula is C28H26N4O11S. The second-order valence-corrected chi connectivity index (χ2v) is 12.2. The Morgan fingerprint density at radius 3 is 2.43 bits per heavy atom. The van der Waals surface area contributed by atoms with Crippen LogP contribution in [0.5, 0.6) is 5.75 Å². The van der Waals surface area contributed by atoms with Crippen molar-refractivity contribution >= 4 is 52.6 Å². The van der Waals surface area contributed by atoms with Crippen molar-refractivity contribution in [3.05, 3.63) is 75.0 Å². The first-order valence-electron chi connectivity index (χ1n) is 13.1. The first-order valence-corrected chi connectivity index (χ1v) is 14.0. The lowest BCUT2D eigenvalue weighted by molar-refractivity contribution is -0.161. The molecule has 2 unspecified atom stereocenters. The summed E-state index contributed by atoms with van der Waals surface area (Å²) < 4.78 is 14.2. The lowest BCUT2D eigenvalue weighted by Gasteiger charge is -2.44. The molecule has 0 bridgehead atoms. The maximum Gasteiger partial charge on any atom is 0.513 e. The van der Waals surface area contributed by atoms with Gasteiger partial charge in [0, 0.05) is 4.75 Å². The number of carbonyl (C=O) groups excluding carboxylic acids is 4. The summed E-state index contributed by atoms with van der Waals surface area (Å²) in [5.74, 6) is -4.87. The molecule has 2 fully saturated rings. The molecule has 44 heavy (non-hydrogen) atoms. The summed E-state index contributed by atoms with van der Waals surface area (Å²) in [6, 6.07) is 8.57. The van der Waals surface area contributed by atoms with Crippen LogP contribution < -0.4 is 26.7 Å². The summed E-state index contributed by atoms with van der Waals surface area (Å²) in [5, 5.41) is 14.0. The maximum atomic E-state index is 13.5. The van der Waals surface area contributed by atoms with E-state index in [0.29, 0.717) is 10.1 Å². The number of rotatable bonds is 8. The minimum atomic E-state index is -1.34. The number of carbonyl (C=O) groups is 5. The molecule has 3 heterocycles. The Bertz CT molecular complexity index is 1800. The molecule has 16 heteroatoms. The van der Waals surface area contributed by atoms with Crippen molar-refractivity contribution in [3.63, 3.8) is 0 Å². The molecule has 0 aliphatic carbocycles. The van der Waals surface area contributed by atoms with Gasteiger partial charge in [0.15, 0.2) is 11.3 Å². The number of ether oxygens (including phenoxy) is 2. The van der Waals surface area contributed by atoms with E-state index in [4.69, 9.17) is 9.15 Å². The molecule has 3 amide bonds. The highest BCUT2D eigenvalue weighted by molar-refractivity contribution is 8.01. The zero-order valence-corrected chi connectivity index (χ0v) is 24.3. The van der Waals surface area contributed by atoms with Gasteiger partial charge < -0.3 is 34.5 Å². The predicted octanol–water partition coefficient (Wildman–Crippen LogP) is 0.589. The Labute approximate surface area is 252 Å². The van der Waals surface area contributed by atoms with Crippen LogP contribution >= 0.6 is 11.8 Å². The van der Waals surface area contributed by atoms with Gasteiger partial charge in [0.2, 0.25) is 17.7 Å². The molecular weight excluding hydrogens is 600 g/mol. The number of para-hydroxylation sites is 1. The molecule has 15 nitrogen and oxygen atoms in total. The third kappa shape index (κ3) is 5.39. The summed E-state index contributed by atoms with van der Waals surface area (Å²) in [6.45, 7) is 2.57. The number of carboxylic acid groups (broad SMARTS) is 1. The molecule has 0 radical (unpaired) electrons. The lowest BCUT2D eigenvalue weighted by atomic mass is 9.95. The van der Waals surface area contributed by atoms with E-state index in [1.165, 1.54) is 34.9 Å². The number of carboxylic acids is 1. The fraction of sp³-hybridized carbons (Fsp3) is 0.321. The van der Waals surface area contributed by atoms with Crippen LogP contribution in [0.15, 0.2) is 62.5 Å². The predicted molar refractivity (Wildman–Crippen MR) is 153 cm³/mol. The summed E-state index contributed by atoms with van der Waals surface area (Å²) in [6.07, 6.45) is -1.11. The van der Waals surface area contributed by atoms with Gasteiger partial charge in [0.05, 0.1) is 12.5 Å². The van der Waals surface area contributed by atoms with E-state index < -0.39 is 76.0 Å². The Kier molecular flexibility index (Phi) is 7.94. The van der Waals surface area contributed by atoms with Gasteiger partial charge >= 0.3 is 17.9 Å². The Morgan fingerprint density at radius 1 is 1.07 bits per heavy atom. The fourth-order valence-electron chi connectivity index (χ4n) is 5.19. The molecule has 2 aliphatic rings. The largest absolute Gasteiger partial charge is 0.513 e. The van der Waals surface area contributed by atoms with Crippen molar-refractivity contribution in [3.8, 4) is 5.75 Å². The summed E-state index contributed by atoms with van der Waals surface area (Å²) in [5.41, 5.74) is -0.910. The number of aliphatic carboxylic acids is 1. The van der Waals surface area contributed by atoms with Crippen LogP contribution in [0.1, 0.15) is 25.5 Å². The van der Waals surface area contributed by atoms with Gasteiger partial charge in [0.25, 0.3) is 5.56 Å². The van der Waals surface area contributed by atoms with Crippen molar-refractivity contribution in [2.45, 2.75) is 48.6 Å². The van der Waals surface area contributed by atoms with Crippen LogP contribution in [-0.4, -0.2) is 73.7 Å². The van der Waals surface area contributed by atoms with Gasteiger partial charge in [-0.3, -0.25) is 19.2 Å². The van der Waals surface area contributed by atoms with E-state index >= 15 is 0 Å². The number of hydrogen-bond donors (Lipinski definition) is 3. The highest BCUT2D eigenvalue weighted by Gasteiger charge is 2.64. The third-order valence-corrected chi connectivity index (χ3v) is 8.77. The molecule has 3 aromatic rings. The molecule has 2 saturated heterocycles. The van der Waals surface area contributed by atoms with E-state index in [9.17, 15) is 38.7 Å². The van der Waals surface area contributed by atoms with E-state index in [-0.39, 0.29) is 16.7 Å². The number of hydrogen-bond acceptors (Lipinski definition) is 11. The van der Waals surface area contributed by atoms with Crippen molar-refractivity contribution in [1.82, 2.24) is 20.1 Å². The molecule has 3 N–H and O–H groups in total. The number of nitrogens with one attached hydrogen (secondary N) is 2. The van der Waals surface area contributed by atoms with Crippen molar-refractivity contribution in [2.75, 3.05) is 7.11 Å². The van der Waals surface area contributed by atoms with Gasteiger partial charge in [-0.25, -0.2) is 19.0 Å². The first kappa shape index (κ1) is 30.3. The van der Waals surface area contributed by atoms with Gasteiger partial charge in [0.1, 0.15) is 30.0 Å². The zero-order valence-electron chi connectivity index (χ0n) is 23.5. The number of aromatic nitrogens is 1. The van der Waals surface area contributed by atoms with Crippen molar-refractivity contribution in [2.24, 2.45) is 0 Å². The number of fused-ring (bicyclic) bond motifs is 2. The summed E-state index contributed by atoms with van der Waals surface area (Å²) in [7, 11) is 1.07. The quantitative estimate of drug-likeness (QED) is 0.179. The minimum Gasteiger partial charge on any atom is -0.480 e. The van der Waals surface area contributed by atoms with Crippen molar-refractivity contribution < 1.29 is 43.0 Å². The summed E-state index contributed by atoms with van der Waals surface area (Å²) in [4.78, 5) is 90.0. The van der Waals surface area contributed by atoms with Crippen molar-refractivity contribution in [1.29, 1.82) is 0 Å². The number of methoxy groups -OCH3 is 1. The smallest absolute Gasteiger partial charge is 0.480 e. The van der Waals surface area contributed by atoms with Crippen LogP contribution in [0.2, 0.25) is 0 Å². The van der Waals surface area contributed by atoms with Crippen LogP contribution in [-0.2, 0) is 30.5 Å². The monoisotopic (exact) mass is 626 g/mol. The highest BCUT2D eigenvalue weighted by atomic mass is 32.2. The third-order valence-electron chi connectivity index (χ3n) is 7.20. The fourth-order valence-corrected chi connectivity index (χ4v) is 6.81. The summed E-state index contributed by atoms with van der Waals surface area (Å²) >= 11 is 1.24. The minimum absolute atomic E-state index is 0.166. The Morgan fingerprint density at radius 2 is 1.77 bits per heavy atom. The van der Waals surface area contributed by atoms with Gasteiger partial charge in [-0.15, -0.1) is 11.8 Å². The Balaban J connectivity index is 1.37. The topological polar surface area (TPSA) is 204 Å². The van der Waals surface area contributed by atoms with E-state index in [1.54, 1.807) is 44.2 Å². The lowest BCUT2D eigenvalue weighted by Crippen LogP contribution is -2.71. The second kappa shape index (κ2) is 11.5. The average Bonchev–Trinajstić information content (AvgIpc) is 3.25. The SMILES string of the molecule is COC(=O)Oc1cccc2c(=O)n(CC(=O)N[C@@H](C(=O)N[C@@H]3C(=O)N4C3SC(C)(C)C4C(=O)O)c3ccccc3)c(=O)oc12. The van der Waals surface area contributed by atoms with Gasteiger partial charge in [-0.1, -0.05) is 36.4 Å². The maximum absolute atomic E-state index is 13.5. The molecule has 230 valence electrons. The van der Waals surface area contributed by atoms with Crippen LogP contribution in [0, 0.1) is 0 Å². The number of thioether (sulfide) groups is 1. The normalized spacial score (nSPS) is 20.7. The molecule has 2 aromatic carbocycles. The Hall–Kier alpha value is -5.12. The second-order valence-electron chi connectivity index (χ2n) is 10.4. The van der Waals surface area contributed by atoms with Crippen LogP contribution in [0.4, 0.5) is 4.79 Å². The zero-order chi connectivity index (χ0) is 31.9. The molecule has 2 aliphatic heterocycles. The van der Waals surface area contributed by atoms with E-state index in [2.05, 4.69) is 15.4 Å².